The number of aromatic nitrogens is 2. The highest BCUT2D eigenvalue weighted by molar-refractivity contribution is 7.49. The van der Waals surface area contributed by atoms with Crippen LogP contribution in [-0.2, 0) is 25.3 Å². The second-order valence-corrected chi connectivity index (χ2v) is 9.67. The number of rotatable bonds is 8. The van der Waals surface area contributed by atoms with E-state index in [1.165, 1.54) is 4.90 Å². The zero-order valence-corrected chi connectivity index (χ0v) is 20.0. The molecule has 0 saturated carbocycles. The molecule has 16 heteroatoms. The van der Waals surface area contributed by atoms with Crippen molar-refractivity contribution in [1.29, 1.82) is 0 Å². The van der Waals surface area contributed by atoms with E-state index in [4.69, 9.17) is 15.2 Å². The van der Waals surface area contributed by atoms with Gasteiger partial charge in [-0.3, -0.25) is 9.80 Å². The summed E-state index contributed by atoms with van der Waals surface area (Å²) in [6, 6.07) is 7.06. The molecule has 0 amide bonds. The van der Waals surface area contributed by atoms with Crippen LogP contribution in [0.4, 0.5) is 17.3 Å². The SMILES string of the molecule is COC(=O)C(Cc1ccccc1)N(N1CN([C@@H]2O[C@H](CO)C(O)C2O)c2ncnc(N)c21)P(=O)(O)O. The van der Waals surface area contributed by atoms with Crippen LogP contribution in [-0.4, -0.2) is 96.8 Å². The molecule has 1 saturated heterocycles. The van der Waals surface area contributed by atoms with E-state index in [-0.39, 0.29) is 23.7 Å². The molecule has 0 radical (unpaired) electrons. The Morgan fingerprint density at radius 1 is 1.28 bits per heavy atom. The topological polar surface area (TPSA) is 215 Å². The number of nitrogens with zero attached hydrogens (tertiary/aromatic N) is 5. The summed E-state index contributed by atoms with van der Waals surface area (Å²) < 4.78 is 23.9. The van der Waals surface area contributed by atoms with Crippen LogP contribution in [0.2, 0.25) is 0 Å². The maximum absolute atomic E-state index is 12.9. The van der Waals surface area contributed by atoms with Gasteiger partial charge in [-0.1, -0.05) is 30.3 Å². The number of hydrogen-bond acceptors (Lipinski definition) is 12. The molecule has 0 aliphatic carbocycles. The minimum absolute atomic E-state index is 0.0270. The smallest absolute Gasteiger partial charge is 0.421 e. The lowest BCUT2D eigenvalue weighted by Gasteiger charge is -2.38. The van der Waals surface area contributed by atoms with E-state index in [9.17, 15) is 34.5 Å². The quantitative estimate of drug-likeness (QED) is 0.165. The number of methoxy groups -OCH3 is 1. The molecule has 7 N–H and O–H groups in total. The van der Waals surface area contributed by atoms with Crippen molar-refractivity contribution in [2.45, 2.75) is 37.0 Å². The number of anilines is 3. The van der Waals surface area contributed by atoms with E-state index in [0.29, 0.717) is 10.3 Å². The molecule has 2 aliphatic rings. The van der Waals surface area contributed by atoms with Gasteiger partial charge in [0.1, 0.15) is 43.0 Å². The highest BCUT2D eigenvalue weighted by atomic mass is 31.2. The fourth-order valence-corrected chi connectivity index (χ4v) is 5.32. The summed E-state index contributed by atoms with van der Waals surface area (Å²) in [6.45, 7) is -0.987. The molecule has 3 unspecified atom stereocenters. The van der Waals surface area contributed by atoms with Crippen molar-refractivity contribution in [2.75, 3.05) is 36.0 Å². The van der Waals surface area contributed by atoms with E-state index in [1.54, 1.807) is 30.3 Å². The second-order valence-electron chi connectivity index (χ2n) is 8.23. The standard InChI is InChI=1S/C20H27N6O9P/c1-34-20(30)12(7-11-5-3-2-4-6-11)26(36(31,32)33)25-10-24(18-14(25)17(21)22-9-23-18)19-16(29)15(28)13(8-27)35-19/h2-6,9,12-13,15-16,19,27-29H,7-8,10H2,1H3,(H2,21,22,23)(H2,31,32,33)/t12?,13-,15?,16?,19-/m1/s1. The van der Waals surface area contributed by atoms with Gasteiger partial charge >= 0.3 is 13.7 Å². The van der Waals surface area contributed by atoms with Crippen LogP contribution >= 0.6 is 7.75 Å². The van der Waals surface area contributed by atoms with Crippen LogP contribution in [0.5, 0.6) is 0 Å². The second kappa shape index (κ2) is 10.2. The van der Waals surface area contributed by atoms with Gasteiger partial charge in [-0.2, -0.15) is 0 Å². The van der Waals surface area contributed by atoms with Crippen molar-refractivity contribution >= 4 is 31.0 Å². The summed E-state index contributed by atoms with van der Waals surface area (Å²) in [6.07, 6.45) is -4.34. The summed E-state index contributed by atoms with van der Waals surface area (Å²) in [5.41, 5.74) is 6.62. The monoisotopic (exact) mass is 526 g/mol. The van der Waals surface area contributed by atoms with Crippen LogP contribution in [0.25, 0.3) is 0 Å². The molecule has 1 aromatic carbocycles. The van der Waals surface area contributed by atoms with Crippen molar-refractivity contribution < 1.29 is 43.9 Å². The van der Waals surface area contributed by atoms with Gasteiger partial charge in [-0.05, 0) is 5.56 Å². The van der Waals surface area contributed by atoms with Crippen LogP contribution in [0, 0.1) is 0 Å². The van der Waals surface area contributed by atoms with Gasteiger partial charge in [-0.15, -0.1) is 4.78 Å². The zero-order chi connectivity index (χ0) is 26.2. The lowest BCUT2D eigenvalue weighted by Crippen LogP contribution is -2.54. The first kappa shape index (κ1) is 26.2. The molecule has 0 bridgehead atoms. The maximum atomic E-state index is 12.9. The van der Waals surface area contributed by atoms with E-state index in [0.717, 1.165) is 18.4 Å². The number of esters is 1. The molecule has 36 heavy (non-hydrogen) atoms. The normalized spacial score (nSPS) is 24.8. The Kier molecular flexibility index (Phi) is 7.45. The highest BCUT2D eigenvalue weighted by Gasteiger charge is 2.52. The Morgan fingerprint density at radius 2 is 1.97 bits per heavy atom. The molecule has 5 atom stereocenters. The van der Waals surface area contributed by atoms with E-state index in [1.807, 2.05) is 0 Å². The highest BCUT2D eigenvalue weighted by Crippen LogP contribution is 2.51. The molecule has 3 heterocycles. The molecular weight excluding hydrogens is 499 g/mol. The van der Waals surface area contributed by atoms with Crippen molar-refractivity contribution in [2.24, 2.45) is 0 Å². The summed E-state index contributed by atoms with van der Waals surface area (Å²) >= 11 is 0. The Labute approximate surface area is 205 Å². The van der Waals surface area contributed by atoms with Gasteiger partial charge in [0.15, 0.2) is 17.9 Å². The fourth-order valence-electron chi connectivity index (χ4n) is 4.35. The third-order valence-electron chi connectivity index (χ3n) is 6.01. The average Bonchev–Trinajstić information content (AvgIpc) is 3.36. The number of carbonyl (C=O) groups is 1. The predicted octanol–water partition coefficient (Wildman–Crippen LogP) is -1.82. The third kappa shape index (κ3) is 4.75. The Balaban J connectivity index is 1.79. The van der Waals surface area contributed by atoms with E-state index >= 15 is 0 Å². The van der Waals surface area contributed by atoms with Gasteiger partial charge in [0.05, 0.1) is 13.7 Å². The summed E-state index contributed by atoms with van der Waals surface area (Å²) in [5.74, 6) is -1.07. The molecule has 196 valence electrons. The molecule has 0 spiro atoms. The van der Waals surface area contributed by atoms with Crippen molar-refractivity contribution in [3.8, 4) is 0 Å². The number of fused-ring (bicyclic) bond motifs is 1. The number of hydrogen-bond donors (Lipinski definition) is 6. The number of nitrogens with two attached hydrogens (primary N) is 1. The molecule has 2 aliphatic heterocycles. The van der Waals surface area contributed by atoms with Crippen molar-refractivity contribution in [3.05, 3.63) is 42.2 Å². The Hall–Kier alpha value is -2.88. The predicted molar refractivity (Wildman–Crippen MR) is 124 cm³/mol. The Bertz CT molecular complexity index is 1140. The summed E-state index contributed by atoms with van der Waals surface area (Å²) in [5, 5.41) is 31.3. The van der Waals surface area contributed by atoms with Crippen molar-refractivity contribution in [1.82, 2.24) is 14.7 Å². The third-order valence-corrected chi connectivity index (χ3v) is 7.04. The largest absolute Gasteiger partial charge is 0.468 e. The number of aliphatic hydroxyl groups is 3. The van der Waals surface area contributed by atoms with Crippen LogP contribution in [0.3, 0.4) is 0 Å². The summed E-state index contributed by atoms with van der Waals surface area (Å²) in [7, 11) is -4.14. The lowest BCUT2D eigenvalue weighted by molar-refractivity contribution is -0.145. The average molecular weight is 526 g/mol. The van der Waals surface area contributed by atoms with Crippen molar-refractivity contribution in [3.63, 3.8) is 0 Å². The first-order valence-corrected chi connectivity index (χ1v) is 12.4. The van der Waals surface area contributed by atoms with Crippen LogP contribution < -0.4 is 15.6 Å². The molecule has 1 aromatic heterocycles. The molecule has 1 fully saturated rings. The van der Waals surface area contributed by atoms with Crippen LogP contribution in [0.15, 0.2) is 36.7 Å². The van der Waals surface area contributed by atoms with Gasteiger partial charge in [-0.25, -0.2) is 14.5 Å². The molecule has 2 aromatic rings. The van der Waals surface area contributed by atoms with Crippen LogP contribution in [0.1, 0.15) is 5.56 Å². The van der Waals surface area contributed by atoms with Gasteiger partial charge in [0.2, 0.25) is 0 Å². The molecule has 4 rings (SSSR count). The number of aliphatic hydroxyl groups excluding tert-OH is 3. The maximum Gasteiger partial charge on any atom is 0.421 e. The van der Waals surface area contributed by atoms with E-state index < -0.39 is 57.6 Å². The summed E-state index contributed by atoms with van der Waals surface area (Å²) in [4.78, 5) is 43.0. The van der Waals surface area contributed by atoms with Gasteiger partial charge < -0.3 is 45.2 Å². The minimum Gasteiger partial charge on any atom is -0.468 e. The lowest BCUT2D eigenvalue weighted by atomic mass is 10.1. The first-order chi connectivity index (χ1) is 17.1. The Morgan fingerprint density at radius 3 is 2.56 bits per heavy atom. The number of hydrazine groups is 1. The minimum atomic E-state index is -5.24. The molecule has 15 nitrogen and oxygen atoms in total. The number of nitrogen functional groups attached to an aromatic ring is 1. The first-order valence-electron chi connectivity index (χ1n) is 10.8. The number of ether oxygens (including phenoxy) is 2. The van der Waals surface area contributed by atoms with E-state index in [2.05, 4.69) is 9.97 Å². The number of benzene rings is 1. The van der Waals surface area contributed by atoms with Gasteiger partial charge in [0.25, 0.3) is 0 Å². The fraction of sp³-hybridized carbons (Fsp3) is 0.450. The zero-order valence-electron chi connectivity index (χ0n) is 19.1. The molecular formula is C20H27N6O9P. The van der Waals surface area contributed by atoms with Gasteiger partial charge in [0, 0.05) is 6.42 Å². The number of carbonyl (C=O) groups excluding carboxylic acids is 1.